The van der Waals surface area contributed by atoms with Gasteiger partial charge in [-0.05, 0) is 56.1 Å². The third-order valence-corrected chi connectivity index (χ3v) is 6.22. The topological polar surface area (TPSA) is 65.2 Å². The Morgan fingerprint density at radius 2 is 2.00 bits per heavy atom. The molecule has 0 radical (unpaired) electrons. The van der Waals surface area contributed by atoms with E-state index in [4.69, 9.17) is 14.2 Å². The summed E-state index contributed by atoms with van der Waals surface area (Å²) in [5.74, 6) is 0.895. The maximum Gasteiger partial charge on any atom is 0.339 e. The maximum atomic E-state index is 13.3. The molecule has 3 aromatic rings. The molecule has 1 aliphatic carbocycles. The molecular weight excluding hydrogens is 364 g/mol. The first-order chi connectivity index (χ1) is 13.8. The molecule has 0 aliphatic heterocycles. The molecule has 29 heavy (non-hydrogen) atoms. The van der Waals surface area contributed by atoms with Crippen LogP contribution in [0.3, 0.4) is 0 Å². The van der Waals surface area contributed by atoms with Gasteiger partial charge in [0.1, 0.15) is 12.4 Å². The molecule has 0 fully saturated rings. The minimum Gasteiger partial charge on any atom is -0.457 e. The van der Waals surface area contributed by atoms with Gasteiger partial charge in [-0.1, -0.05) is 44.1 Å². The van der Waals surface area contributed by atoms with Gasteiger partial charge in [-0.25, -0.2) is 4.79 Å². The normalized spacial score (nSPS) is 16.7. The van der Waals surface area contributed by atoms with Gasteiger partial charge in [0, 0.05) is 11.1 Å². The molecule has 4 rings (SSSR count). The largest absolute Gasteiger partial charge is 0.457 e. The Hall–Kier alpha value is -2.69. The summed E-state index contributed by atoms with van der Waals surface area (Å²) in [6, 6.07) is 7.85. The number of ether oxygens (including phenoxy) is 1. The van der Waals surface area contributed by atoms with Gasteiger partial charge in [0.2, 0.25) is 0 Å². The Balaban J connectivity index is 1.75. The fraction of sp³-hybridized carbons (Fsp3) is 0.458. The molecule has 2 heterocycles. The van der Waals surface area contributed by atoms with Crippen molar-refractivity contribution in [1.29, 1.82) is 0 Å². The molecule has 1 atom stereocenters. The number of rotatable bonds is 3. The van der Waals surface area contributed by atoms with Crippen LogP contribution >= 0.6 is 0 Å². The van der Waals surface area contributed by atoms with E-state index in [9.17, 15) is 4.79 Å². The number of hydrogen-bond acceptors (Lipinski definition) is 5. The average Bonchev–Trinajstić information content (AvgIpc) is 3.00. The molecule has 0 spiro atoms. The van der Waals surface area contributed by atoms with Crippen LogP contribution in [0.15, 0.2) is 28.8 Å². The highest BCUT2D eigenvalue weighted by Gasteiger charge is 2.33. The van der Waals surface area contributed by atoms with E-state index < -0.39 is 0 Å². The zero-order chi connectivity index (χ0) is 20.8. The van der Waals surface area contributed by atoms with E-state index in [-0.39, 0.29) is 18.0 Å². The highest BCUT2D eigenvalue weighted by atomic mass is 16.5. The molecule has 5 heteroatoms. The number of esters is 1. The van der Waals surface area contributed by atoms with Crippen molar-refractivity contribution in [3.63, 3.8) is 0 Å². The minimum atomic E-state index is -0.297. The standard InChI is InChI=1S/C24H28N2O3/c1-14-19(15(2)29-26-14)13-28-23(27)22-17-8-6-7-9-20(17)25-21-11-10-16(12-18(21)22)24(3,4)5/h6-9,16H,10-13H2,1-5H3/t16-/m0/s1. The molecule has 5 nitrogen and oxygen atoms in total. The van der Waals surface area contributed by atoms with Crippen molar-refractivity contribution in [3.05, 3.63) is 58.1 Å². The van der Waals surface area contributed by atoms with Gasteiger partial charge in [0.05, 0.1) is 22.3 Å². The van der Waals surface area contributed by atoms with Crippen LogP contribution in [-0.2, 0) is 24.2 Å². The van der Waals surface area contributed by atoms with Gasteiger partial charge < -0.3 is 9.26 Å². The van der Waals surface area contributed by atoms with Crippen LogP contribution in [0.25, 0.3) is 10.9 Å². The molecule has 1 aliphatic rings. The van der Waals surface area contributed by atoms with Crippen molar-refractivity contribution in [2.24, 2.45) is 11.3 Å². The molecule has 152 valence electrons. The maximum absolute atomic E-state index is 13.3. The van der Waals surface area contributed by atoms with Gasteiger partial charge in [0.25, 0.3) is 0 Å². The highest BCUT2D eigenvalue weighted by Crippen LogP contribution is 2.39. The van der Waals surface area contributed by atoms with Crippen molar-refractivity contribution in [3.8, 4) is 0 Å². The monoisotopic (exact) mass is 392 g/mol. The molecule has 0 saturated carbocycles. The average molecular weight is 392 g/mol. The number of hydrogen-bond donors (Lipinski definition) is 0. The Kier molecular flexibility index (Phi) is 4.93. The number of carbonyl (C=O) groups is 1. The quantitative estimate of drug-likeness (QED) is 0.562. The van der Waals surface area contributed by atoms with E-state index in [2.05, 4.69) is 25.9 Å². The first kappa shape index (κ1) is 19.6. The lowest BCUT2D eigenvalue weighted by atomic mass is 9.70. The third kappa shape index (κ3) is 3.66. The number of aromatic nitrogens is 2. The fourth-order valence-corrected chi connectivity index (χ4v) is 4.28. The number of fused-ring (bicyclic) bond motifs is 2. The summed E-state index contributed by atoms with van der Waals surface area (Å²) in [6.45, 7) is 10.7. The van der Waals surface area contributed by atoms with Gasteiger partial charge in [-0.15, -0.1) is 0 Å². The van der Waals surface area contributed by atoms with E-state index in [1.165, 1.54) is 0 Å². The molecule has 1 aromatic carbocycles. The highest BCUT2D eigenvalue weighted by molar-refractivity contribution is 6.05. The Bertz CT molecular complexity index is 1060. The van der Waals surface area contributed by atoms with Gasteiger partial charge in [0.15, 0.2) is 0 Å². The van der Waals surface area contributed by atoms with E-state index >= 15 is 0 Å². The molecular formula is C24H28N2O3. The van der Waals surface area contributed by atoms with Crippen LogP contribution in [0.4, 0.5) is 0 Å². The predicted octanol–water partition coefficient (Wildman–Crippen LogP) is 5.35. The Labute approximate surface area is 171 Å². The summed E-state index contributed by atoms with van der Waals surface area (Å²) >= 11 is 0. The van der Waals surface area contributed by atoms with Crippen LogP contribution < -0.4 is 0 Å². The summed E-state index contributed by atoms with van der Waals surface area (Å²) in [6.07, 6.45) is 2.84. The van der Waals surface area contributed by atoms with Gasteiger partial charge in [-0.2, -0.15) is 0 Å². The van der Waals surface area contributed by atoms with E-state index in [1.807, 2.05) is 38.1 Å². The number of benzene rings is 1. The van der Waals surface area contributed by atoms with Gasteiger partial charge >= 0.3 is 5.97 Å². The second-order valence-electron chi connectivity index (χ2n) is 9.11. The van der Waals surface area contributed by atoms with Crippen molar-refractivity contribution in [2.45, 2.75) is 60.5 Å². The van der Waals surface area contributed by atoms with Crippen molar-refractivity contribution in [1.82, 2.24) is 10.1 Å². The SMILES string of the molecule is Cc1noc(C)c1COC(=O)c1c2c(nc3ccccc13)CC[C@H](C(C)(C)C)C2. The lowest BCUT2D eigenvalue weighted by molar-refractivity contribution is 0.0470. The summed E-state index contributed by atoms with van der Waals surface area (Å²) < 4.78 is 11.0. The summed E-state index contributed by atoms with van der Waals surface area (Å²) in [4.78, 5) is 18.2. The first-order valence-electron chi connectivity index (χ1n) is 10.2. The second kappa shape index (κ2) is 7.29. The molecule has 0 saturated heterocycles. The van der Waals surface area contributed by atoms with Crippen LogP contribution in [0.5, 0.6) is 0 Å². The van der Waals surface area contributed by atoms with Crippen LogP contribution in [0, 0.1) is 25.2 Å². The fourth-order valence-electron chi connectivity index (χ4n) is 4.28. The molecule has 0 bridgehead atoms. The Morgan fingerprint density at radius 3 is 2.69 bits per heavy atom. The molecule has 0 unspecified atom stereocenters. The van der Waals surface area contributed by atoms with Crippen molar-refractivity contribution < 1.29 is 14.1 Å². The van der Waals surface area contributed by atoms with Crippen molar-refractivity contribution >= 4 is 16.9 Å². The number of pyridine rings is 1. The summed E-state index contributed by atoms with van der Waals surface area (Å²) in [5.41, 5.74) is 5.38. The number of para-hydroxylation sites is 1. The predicted molar refractivity (Wildman–Crippen MR) is 112 cm³/mol. The minimum absolute atomic E-state index is 0.161. The second-order valence-corrected chi connectivity index (χ2v) is 9.11. The number of aryl methyl sites for hydroxylation is 3. The molecule has 0 amide bonds. The number of nitrogens with zero attached hydrogens (tertiary/aromatic N) is 2. The third-order valence-electron chi connectivity index (χ3n) is 6.22. The lowest BCUT2D eigenvalue weighted by Crippen LogP contribution is -2.29. The zero-order valence-electron chi connectivity index (χ0n) is 17.8. The van der Waals surface area contributed by atoms with Crippen LogP contribution in [0.2, 0.25) is 0 Å². The smallest absolute Gasteiger partial charge is 0.339 e. The van der Waals surface area contributed by atoms with E-state index in [0.29, 0.717) is 17.2 Å². The lowest BCUT2D eigenvalue weighted by Gasteiger charge is -2.35. The van der Waals surface area contributed by atoms with Crippen molar-refractivity contribution in [2.75, 3.05) is 0 Å². The summed E-state index contributed by atoms with van der Waals surface area (Å²) in [5, 5.41) is 4.81. The van der Waals surface area contributed by atoms with Gasteiger partial charge in [-0.3, -0.25) is 4.98 Å². The summed E-state index contributed by atoms with van der Waals surface area (Å²) in [7, 11) is 0. The van der Waals surface area contributed by atoms with E-state index in [1.54, 1.807) is 0 Å². The molecule has 0 N–H and O–H groups in total. The molecule has 2 aromatic heterocycles. The van der Waals surface area contributed by atoms with E-state index in [0.717, 1.165) is 52.7 Å². The van der Waals surface area contributed by atoms with Crippen LogP contribution in [0.1, 0.15) is 65.8 Å². The zero-order valence-corrected chi connectivity index (χ0v) is 17.8. The number of carbonyl (C=O) groups excluding carboxylic acids is 1. The first-order valence-corrected chi connectivity index (χ1v) is 10.2. The van der Waals surface area contributed by atoms with Crippen LogP contribution in [-0.4, -0.2) is 16.1 Å². The Morgan fingerprint density at radius 1 is 1.24 bits per heavy atom.